The van der Waals surface area contributed by atoms with Gasteiger partial charge in [-0.1, -0.05) is 60.6 Å². The summed E-state index contributed by atoms with van der Waals surface area (Å²) < 4.78 is 50.4. The molecule has 0 aliphatic carbocycles. The van der Waals surface area contributed by atoms with Crippen LogP contribution in [0.25, 0.3) is 32.1 Å². The fourth-order valence-corrected chi connectivity index (χ4v) is 8.09. The number of fused-ring (bicyclic) bond motifs is 2. The molecule has 2 aromatic heterocycles. The van der Waals surface area contributed by atoms with Crippen LogP contribution in [0.5, 0.6) is 6.01 Å². The number of anilines is 1. The van der Waals surface area contributed by atoms with Gasteiger partial charge in [0.2, 0.25) is 0 Å². The van der Waals surface area contributed by atoms with Gasteiger partial charge in [-0.25, -0.2) is 13.2 Å². The van der Waals surface area contributed by atoms with Crippen LogP contribution >= 0.6 is 11.3 Å². The molecule has 3 heterocycles. The van der Waals surface area contributed by atoms with E-state index in [0.29, 0.717) is 62.0 Å². The molecular formula is C45H60F3N5O2S. The smallest absolute Gasteiger partial charge is 0.319 e. The molecule has 1 aliphatic heterocycles. The number of hydrogen-bond acceptors (Lipinski definition) is 8. The molecule has 0 saturated carbocycles. The van der Waals surface area contributed by atoms with Crippen LogP contribution in [-0.4, -0.2) is 60.5 Å². The van der Waals surface area contributed by atoms with Crippen LogP contribution in [-0.2, 0) is 4.79 Å². The molecule has 1 fully saturated rings. The van der Waals surface area contributed by atoms with Crippen molar-refractivity contribution in [3.63, 3.8) is 0 Å². The van der Waals surface area contributed by atoms with Crippen molar-refractivity contribution in [1.29, 1.82) is 5.26 Å². The van der Waals surface area contributed by atoms with Crippen molar-refractivity contribution < 1.29 is 22.7 Å². The average molecular weight is 792 g/mol. The first-order valence-electron chi connectivity index (χ1n) is 19.6. The number of likely N-dealkylation sites (tertiary alicyclic amines) is 1. The van der Waals surface area contributed by atoms with Crippen molar-refractivity contribution in [1.82, 2.24) is 14.9 Å². The van der Waals surface area contributed by atoms with Crippen LogP contribution < -0.4 is 9.64 Å². The topological polar surface area (TPSA) is 82.4 Å². The zero-order valence-corrected chi connectivity index (χ0v) is 36.2. The molecule has 7 nitrogen and oxygen atoms in total. The number of ether oxygens (including phenoxy) is 1. The molecular weight excluding hydrogens is 732 g/mol. The van der Waals surface area contributed by atoms with Crippen molar-refractivity contribution in [3.05, 3.63) is 69.9 Å². The van der Waals surface area contributed by atoms with Gasteiger partial charge in [-0.3, -0.25) is 4.79 Å². The standard InChI is InChI=1S/C34H42F2N4OS.C7H12FN.C4H6O/c1-10-20(7)12-15-26(18(3)4)40(9)33-23-16-21(8)27(29(36)30(23)38-34(39-33)41-11-2)22-13-14-25(35)32-28(22)24(17-37)31(42-32)19(5)6;1-6(8)7-3-4-9(2)5-7;1-3-4(2)5/h13-14,16,18-20,26H,10-12,15H2,1-9H3;3-5H2,1-2H3;3H,1H2,2H3/b;7-6-;. The summed E-state index contributed by atoms with van der Waals surface area (Å²) in [5.41, 5.74) is 2.98. The second-order valence-electron chi connectivity index (χ2n) is 15.4. The number of nitriles is 1. The maximum atomic E-state index is 16.8. The maximum absolute atomic E-state index is 16.8. The Kier molecular flexibility index (Phi) is 17.1. The van der Waals surface area contributed by atoms with Crippen molar-refractivity contribution >= 4 is 43.9 Å². The lowest BCUT2D eigenvalue weighted by atomic mass is 9.91. The van der Waals surface area contributed by atoms with Gasteiger partial charge in [0.1, 0.15) is 23.2 Å². The monoisotopic (exact) mass is 791 g/mol. The molecule has 56 heavy (non-hydrogen) atoms. The number of hydrogen-bond donors (Lipinski definition) is 0. The zero-order valence-electron chi connectivity index (χ0n) is 35.4. The summed E-state index contributed by atoms with van der Waals surface area (Å²) in [4.78, 5) is 24.1. The molecule has 0 N–H and O–H groups in total. The lowest BCUT2D eigenvalue weighted by Gasteiger charge is -2.34. The van der Waals surface area contributed by atoms with E-state index in [2.05, 4.69) is 55.1 Å². The van der Waals surface area contributed by atoms with Gasteiger partial charge in [0.05, 0.1) is 22.7 Å². The van der Waals surface area contributed by atoms with E-state index in [4.69, 9.17) is 9.72 Å². The van der Waals surface area contributed by atoms with E-state index in [-0.39, 0.29) is 35.1 Å². The molecule has 5 rings (SSSR count). The first kappa shape index (κ1) is 46.1. The Balaban J connectivity index is 0.000000505. The number of nitrogens with zero attached hydrogens (tertiary/aromatic N) is 5. The highest BCUT2D eigenvalue weighted by molar-refractivity contribution is 7.19. The molecule has 2 aromatic carbocycles. The first-order chi connectivity index (χ1) is 26.4. The predicted octanol–water partition coefficient (Wildman–Crippen LogP) is 12.1. The predicted molar refractivity (Wildman–Crippen MR) is 228 cm³/mol. The summed E-state index contributed by atoms with van der Waals surface area (Å²) in [6.07, 6.45) is 5.39. The molecule has 0 radical (unpaired) electrons. The lowest BCUT2D eigenvalue weighted by Crippen LogP contribution is -2.37. The van der Waals surface area contributed by atoms with Crippen molar-refractivity contribution in [3.8, 4) is 23.2 Å². The van der Waals surface area contributed by atoms with E-state index in [1.54, 1.807) is 6.07 Å². The number of likely N-dealkylation sites (N-methyl/N-ethyl adjacent to an activating group) is 1. The number of aryl methyl sites for hydroxylation is 1. The van der Waals surface area contributed by atoms with Gasteiger partial charge in [0, 0.05) is 47.4 Å². The fraction of sp³-hybridized carbons (Fsp3) is 0.511. The number of ketones is 1. The number of halogens is 3. The largest absolute Gasteiger partial charge is 0.464 e. The summed E-state index contributed by atoms with van der Waals surface area (Å²) in [5.74, 6) is 0.697. The number of thiophene rings is 1. The second-order valence-corrected chi connectivity index (χ2v) is 16.5. The molecule has 0 bridgehead atoms. The molecule has 2 atom stereocenters. The molecule has 11 heteroatoms. The lowest BCUT2D eigenvalue weighted by molar-refractivity contribution is -0.112. The third kappa shape index (κ3) is 11.0. The van der Waals surface area contributed by atoms with E-state index >= 15 is 8.78 Å². The minimum atomic E-state index is -0.530. The Morgan fingerprint density at radius 3 is 2.29 bits per heavy atom. The van der Waals surface area contributed by atoms with Crippen molar-refractivity contribution in [2.45, 2.75) is 107 Å². The summed E-state index contributed by atoms with van der Waals surface area (Å²) in [7, 11) is 4.03. The van der Waals surface area contributed by atoms with Crippen LogP contribution in [0.4, 0.5) is 19.0 Å². The van der Waals surface area contributed by atoms with Gasteiger partial charge in [-0.05, 0) is 107 Å². The molecule has 0 amide bonds. The highest BCUT2D eigenvalue weighted by Gasteiger charge is 2.28. The number of aromatic nitrogens is 2. The Morgan fingerprint density at radius 2 is 1.80 bits per heavy atom. The first-order valence-corrected chi connectivity index (χ1v) is 20.4. The molecule has 0 spiro atoms. The molecule has 1 saturated heterocycles. The number of carbonyl (C=O) groups is 1. The van der Waals surface area contributed by atoms with Crippen LogP contribution in [0.3, 0.4) is 0 Å². The van der Waals surface area contributed by atoms with Gasteiger partial charge in [-0.2, -0.15) is 15.2 Å². The Labute approximate surface area is 336 Å². The van der Waals surface area contributed by atoms with E-state index < -0.39 is 11.6 Å². The van der Waals surface area contributed by atoms with E-state index in [1.807, 2.05) is 47.9 Å². The maximum Gasteiger partial charge on any atom is 0.319 e. The summed E-state index contributed by atoms with van der Waals surface area (Å²) >= 11 is 1.26. The molecule has 304 valence electrons. The molecule has 2 unspecified atom stereocenters. The van der Waals surface area contributed by atoms with Gasteiger partial charge < -0.3 is 14.5 Å². The summed E-state index contributed by atoms with van der Waals surface area (Å²) in [6, 6.07) is 7.43. The number of allylic oxidation sites excluding steroid dienone is 2. The quantitative estimate of drug-likeness (QED) is 0.132. The second kappa shape index (κ2) is 20.8. The van der Waals surface area contributed by atoms with Crippen molar-refractivity contribution in [2.24, 2.45) is 11.8 Å². The normalized spacial score (nSPS) is 14.9. The van der Waals surface area contributed by atoms with Gasteiger partial charge in [-0.15, -0.1) is 11.3 Å². The van der Waals surface area contributed by atoms with Crippen LogP contribution in [0.1, 0.15) is 110 Å². The Morgan fingerprint density at radius 1 is 1.14 bits per heavy atom. The highest BCUT2D eigenvalue weighted by Crippen LogP contribution is 2.45. The summed E-state index contributed by atoms with van der Waals surface area (Å²) in [5, 5.41) is 11.2. The minimum Gasteiger partial charge on any atom is -0.464 e. The van der Waals surface area contributed by atoms with Crippen LogP contribution in [0.15, 0.2) is 42.3 Å². The van der Waals surface area contributed by atoms with E-state index in [1.165, 1.54) is 37.3 Å². The zero-order chi connectivity index (χ0) is 42.0. The van der Waals surface area contributed by atoms with E-state index in [9.17, 15) is 14.4 Å². The van der Waals surface area contributed by atoms with Crippen molar-refractivity contribution in [2.75, 3.05) is 38.7 Å². The van der Waals surface area contributed by atoms with Gasteiger partial charge in [0.25, 0.3) is 0 Å². The molecule has 1 aliphatic rings. The Bertz CT molecular complexity index is 2080. The average Bonchev–Trinajstić information content (AvgIpc) is 3.78. The number of benzene rings is 2. The number of rotatable bonds is 12. The highest BCUT2D eigenvalue weighted by atomic mass is 32.1. The summed E-state index contributed by atoms with van der Waals surface area (Å²) in [6.45, 7) is 24.9. The van der Waals surface area contributed by atoms with Crippen LogP contribution in [0.2, 0.25) is 0 Å². The third-order valence-corrected chi connectivity index (χ3v) is 11.9. The third-order valence-electron chi connectivity index (χ3n) is 10.4. The molecule has 4 aromatic rings. The van der Waals surface area contributed by atoms with Crippen LogP contribution in [0, 0.1) is 41.7 Å². The minimum absolute atomic E-state index is 0.0133. The number of carbonyl (C=O) groups excluding carboxylic acids is 1. The fourth-order valence-electron chi connectivity index (χ4n) is 6.91. The van der Waals surface area contributed by atoms with Gasteiger partial charge >= 0.3 is 6.01 Å². The Hall–Kier alpha value is -4.27. The van der Waals surface area contributed by atoms with E-state index in [0.717, 1.165) is 49.2 Å². The van der Waals surface area contributed by atoms with Gasteiger partial charge in [0.15, 0.2) is 11.6 Å². The SMILES string of the molecule is C/C(F)=C1\CCN(C)C1.C=CC(C)=O.CCOc1nc(N(C)C(CCC(C)CC)C(C)C)c2cc(C)c(-c3ccc(F)c4sc(C(C)C)c(C#N)c34)c(F)c2n1.